The van der Waals surface area contributed by atoms with Gasteiger partial charge in [0.25, 0.3) is 5.91 Å². The Morgan fingerprint density at radius 2 is 1.84 bits per heavy atom. The summed E-state index contributed by atoms with van der Waals surface area (Å²) in [5.41, 5.74) is 5.83. The van der Waals surface area contributed by atoms with Crippen molar-refractivity contribution in [3.63, 3.8) is 0 Å². The number of hydroxylamine groups is 1. The molecule has 3 aliphatic rings. The van der Waals surface area contributed by atoms with Crippen LogP contribution in [0.25, 0.3) is 11.1 Å². The van der Waals surface area contributed by atoms with Crippen molar-refractivity contribution < 1.29 is 19.5 Å². The Bertz CT molecular complexity index is 1100. The fraction of sp³-hybridized carbons (Fsp3) is 0.250. The molecule has 1 saturated heterocycles. The molecule has 5 rings (SSSR count). The Kier molecular flexibility index (Phi) is 5.28. The van der Waals surface area contributed by atoms with Gasteiger partial charge in [-0.1, -0.05) is 24.3 Å². The molecule has 7 heteroatoms. The Morgan fingerprint density at radius 3 is 2.61 bits per heavy atom. The van der Waals surface area contributed by atoms with Crippen molar-refractivity contribution in [2.24, 2.45) is 4.99 Å². The molecule has 2 N–H and O–H groups in total. The number of amides is 1. The number of nitrogens with one attached hydrogen (secondary N) is 1. The predicted molar refractivity (Wildman–Crippen MR) is 116 cm³/mol. The van der Waals surface area contributed by atoms with Gasteiger partial charge in [0.05, 0.1) is 18.8 Å². The van der Waals surface area contributed by atoms with Gasteiger partial charge in [-0.2, -0.15) is 0 Å². The van der Waals surface area contributed by atoms with E-state index in [2.05, 4.69) is 17.0 Å². The molecule has 0 aromatic heterocycles. The Balaban J connectivity index is 1.56. The normalized spacial score (nSPS) is 17.8. The molecule has 1 fully saturated rings. The number of nitrogens with zero attached hydrogens (tertiary/aromatic N) is 2. The number of rotatable bonds is 2. The summed E-state index contributed by atoms with van der Waals surface area (Å²) < 4.78 is 11.9. The van der Waals surface area contributed by atoms with Gasteiger partial charge >= 0.3 is 0 Å². The number of allylic oxidation sites excluding steroid dienone is 3. The molecule has 0 saturated carbocycles. The Morgan fingerprint density at radius 1 is 1.06 bits per heavy atom. The van der Waals surface area contributed by atoms with E-state index in [0.717, 1.165) is 65.7 Å². The third-order valence-corrected chi connectivity index (χ3v) is 5.67. The van der Waals surface area contributed by atoms with E-state index in [1.807, 2.05) is 30.3 Å². The average molecular weight is 417 g/mol. The van der Waals surface area contributed by atoms with Gasteiger partial charge in [-0.25, -0.2) is 10.5 Å². The summed E-state index contributed by atoms with van der Waals surface area (Å²) in [4.78, 5) is 18.9. The number of aliphatic imine (C=N–C) groups is 1. The Labute approximate surface area is 180 Å². The number of hydrogen-bond donors (Lipinski definition) is 2. The van der Waals surface area contributed by atoms with E-state index in [0.29, 0.717) is 18.8 Å². The van der Waals surface area contributed by atoms with Crippen LogP contribution < -0.4 is 10.2 Å². The first-order chi connectivity index (χ1) is 15.2. The Hall–Kier alpha value is -3.42. The molecule has 0 atom stereocenters. The fourth-order valence-corrected chi connectivity index (χ4v) is 4.01. The summed E-state index contributed by atoms with van der Waals surface area (Å²) in [6.07, 6.45) is 5.95. The molecule has 2 heterocycles. The molecule has 1 aliphatic carbocycles. The van der Waals surface area contributed by atoms with Crippen molar-refractivity contribution in [3.8, 4) is 16.9 Å². The maximum Gasteiger partial charge on any atom is 0.274 e. The largest absolute Gasteiger partial charge is 0.459 e. The van der Waals surface area contributed by atoms with Crippen LogP contribution in [0.15, 0.2) is 71.1 Å². The topological polar surface area (TPSA) is 83.4 Å². The summed E-state index contributed by atoms with van der Waals surface area (Å²) in [7, 11) is 0. The minimum atomic E-state index is -0.534. The van der Waals surface area contributed by atoms with Crippen LogP contribution in [0.5, 0.6) is 5.75 Å². The molecule has 158 valence electrons. The molecule has 0 unspecified atom stereocenters. The average Bonchev–Trinajstić information content (AvgIpc) is 3.00. The van der Waals surface area contributed by atoms with Crippen LogP contribution in [-0.2, 0) is 4.74 Å². The van der Waals surface area contributed by atoms with E-state index in [9.17, 15) is 4.79 Å². The van der Waals surface area contributed by atoms with Crippen LogP contribution in [0.3, 0.4) is 0 Å². The summed E-state index contributed by atoms with van der Waals surface area (Å²) in [6, 6.07) is 13.2. The van der Waals surface area contributed by atoms with Crippen molar-refractivity contribution in [2.75, 3.05) is 26.3 Å². The lowest BCUT2D eigenvalue weighted by molar-refractivity contribution is 0.0682. The highest BCUT2D eigenvalue weighted by molar-refractivity contribution is 6.03. The number of carbonyl (C=O) groups excluding carboxylic acids is 1. The summed E-state index contributed by atoms with van der Waals surface area (Å²) in [6.45, 7) is 2.90. The first-order valence-electron chi connectivity index (χ1n) is 10.4. The molecule has 2 aromatic carbocycles. The second kappa shape index (κ2) is 8.37. The first kappa shape index (κ1) is 19.5. The number of hydrogen-bond acceptors (Lipinski definition) is 6. The smallest absolute Gasteiger partial charge is 0.274 e. The third-order valence-electron chi connectivity index (χ3n) is 5.67. The number of carbonyl (C=O) groups is 1. The highest BCUT2D eigenvalue weighted by Crippen LogP contribution is 2.35. The van der Waals surface area contributed by atoms with Crippen LogP contribution in [0.1, 0.15) is 28.8 Å². The molecule has 7 nitrogen and oxygen atoms in total. The zero-order valence-electron chi connectivity index (χ0n) is 17.0. The second-order valence-corrected chi connectivity index (χ2v) is 7.62. The van der Waals surface area contributed by atoms with E-state index in [4.69, 9.17) is 19.7 Å². The molecule has 2 aromatic rings. The third kappa shape index (κ3) is 3.85. The van der Waals surface area contributed by atoms with Gasteiger partial charge in [0.15, 0.2) is 0 Å². The van der Waals surface area contributed by atoms with Crippen LogP contribution in [0.2, 0.25) is 0 Å². The van der Waals surface area contributed by atoms with Crippen LogP contribution >= 0.6 is 0 Å². The molecule has 1 amide bonds. The van der Waals surface area contributed by atoms with Crippen molar-refractivity contribution >= 4 is 11.7 Å². The number of morpholine rings is 1. The van der Waals surface area contributed by atoms with E-state index in [1.165, 1.54) is 0 Å². The number of benzene rings is 2. The highest BCUT2D eigenvalue weighted by Gasteiger charge is 2.26. The maximum absolute atomic E-state index is 11.6. The molecule has 0 spiro atoms. The zero-order chi connectivity index (χ0) is 21.2. The van der Waals surface area contributed by atoms with Gasteiger partial charge in [-0.05, 0) is 47.9 Å². The summed E-state index contributed by atoms with van der Waals surface area (Å²) in [5, 5.41) is 8.83. The number of amidine groups is 1. The van der Waals surface area contributed by atoms with Gasteiger partial charge in [-0.15, -0.1) is 0 Å². The van der Waals surface area contributed by atoms with E-state index in [1.54, 1.807) is 17.6 Å². The molecule has 0 radical (unpaired) electrons. The van der Waals surface area contributed by atoms with Gasteiger partial charge in [0.1, 0.15) is 23.0 Å². The second-order valence-electron chi connectivity index (χ2n) is 7.62. The van der Waals surface area contributed by atoms with Crippen LogP contribution in [-0.4, -0.2) is 48.2 Å². The van der Waals surface area contributed by atoms with Gasteiger partial charge in [0, 0.05) is 25.1 Å². The van der Waals surface area contributed by atoms with E-state index >= 15 is 0 Å². The van der Waals surface area contributed by atoms with E-state index in [-0.39, 0.29) is 0 Å². The van der Waals surface area contributed by atoms with Gasteiger partial charge < -0.3 is 14.4 Å². The van der Waals surface area contributed by atoms with Gasteiger partial charge in [-0.3, -0.25) is 10.0 Å². The summed E-state index contributed by atoms with van der Waals surface area (Å²) in [5.74, 6) is 2.06. The van der Waals surface area contributed by atoms with Crippen molar-refractivity contribution in [3.05, 3.63) is 77.2 Å². The molecular formula is C24H23N3O4. The lowest BCUT2D eigenvalue weighted by atomic mass is 10.00. The standard InChI is InChI=1S/C24H23N3O4/c28-24(26-29)17-7-5-16(6-8-17)18-9-10-21-19(15-18)23(27-11-13-30-14-12-27)25-20-3-1-2-4-22(20)31-21/h1,3,5-10,15,29H,2,4,11-14H2,(H,26,28). The predicted octanol–water partition coefficient (Wildman–Crippen LogP) is 3.51. The lowest BCUT2D eigenvalue weighted by Crippen LogP contribution is -2.41. The monoisotopic (exact) mass is 417 g/mol. The lowest BCUT2D eigenvalue weighted by Gasteiger charge is -2.30. The quantitative estimate of drug-likeness (QED) is 0.577. The molecular weight excluding hydrogens is 394 g/mol. The van der Waals surface area contributed by atoms with E-state index < -0.39 is 5.91 Å². The minimum absolute atomic E-state index is 0.392. The van der Waals surface area contributed by atoms with Gasteiger partial charge in [0.2, 0.25) is 0 Å². The van der Waals surface area contributed by atoms with Crippen molar-refractivity contribution in [1.82, 2.24) is 10.4 Å². The summed E-state index contributed by atoms with van der Waals surface area (Å²) >= 11 is 0. The zero-order valence-corrected chi connectivity index (χ0v) is 17.0. The molecule has 31 heavy (non-hydrogen) atoms. The SMILES string of the molecule is O=C(NO)c1ccc(-c2ccc3c(c2)C(N2CCOCC2)=NC2=C(CCC=C2)O3)cc1. The van der Waals surface area contributed by atoms with Crippen LogP contribution in [0, 0.1) is 0 Å². The fourth-order valence-electron chi connectivity index (χ4n) is 4.01. The van der Waals surface area contributed by atoms with Crippen molar-refractivity contribution in [1.29, 1.82) is 0 Å². The maximum atomic E-state index is 11.6. The first-order valence-corrected chi connectivity index (χ1v) is 10.4. The minimum Gasteiger partial charge on any atom is -0.459 e. The molecule has 2 aliphatic heterocycles. The van der Waals surface area contributed by atoms with Crippen molar-refractivity contribution in [2.45, 2.75) is 12.8 Å². The van der Waals surface area contributed by atoms with Crippen LogP contribution in [0.4, 0.5) is 0 Å². The number of fused-ring (bicyclic) bond motifs is 1. The number of ether oxygens (including phenoxy) is 2. The highest BCUT2D eigenvalue weighted by atomic mass is 16.5. The molecule has 0 bridgehead atoms.